The molecular formula is C14H21N5OS. The van der Waals surface area contributed by atoms with E-state index in [-0.39, 0.29) is 11.8 Å². The first-order chi connectivity index (χ1) is 9.99. The van der Waals surface area contributed by atoms with E-state index in [9.17, 15) is 4.79 Å². The third-order valence-electron chi connectivity index (χ3n) is 3.96. The van der Waals surface area contributed by atoms with E-state index < -0.39 is 0 Å². The van der Waals surface area contributed by atoms with Crippen molar-refractivity contribution in [1.29, 1.82) is 0 Å². The van der Waals surface area contributed by atoms with E-state index in [0.29, 0.717) is 23.9 Å². The quantitative estimate of drug-likeness (QED) is 0.771. The minimum Gasteiger partial charge on any atom is -0.389 e. The number of aryl methyl sites for hydroxylation is 1. The molecule has 1 unspecified atom stereocenters. The second kappa shape index (κ2) is 6.34. The Morgan fingerprint density at radius 2 is 2.05 bits per heavy atom. The number of primary amides is 1. The van der Waals surface area contributed by atoms with Gasteiger partial charge in [-0.15, -0.1) is 5.10 Å². The molecule has 7 heteroatoms. The summed E-state index contributed by atoms with van der Waals surface area (Å²) < 4.78 is 0. The average Bonchev–Trinajstić information content (AvgIpc) is 2.95. The molecule has 0 aromatic carbocycles. The van der Waals surface area contributed by atoms with Crippen molar-refractivity contribution in [2.75, 3.05) is 18.0 Å². The monoisotopic (exact) mass is 307 g/mol. The summed E-state index contributed by atoms with van der Waals surface area (Å²) in [4.78, 5) is 13.7. The predicted molar refractivity (Wildman–Crippen MR) is 86.2 cm³/mol. The summed E-state index contributed by atoms with van der Waals surface area (Å²) in [5.74, 6) is 0.255. The maximum atomic E-state index is 11.3. The first kappa shape index (κ1) is 15.6. The first-order valence-electron chi connectivity index (χ1n) is 7.22. The number of aromatic nitrogens is 2. The summed E-state index contributed by atoms with van der Waals surface area (Å²) in [5.41, 5.74) is 14.1. The van der Waals surface area contributed by atoms with E-state index in [1.807, 2.05) is 11.8 Å². The maximum Gasteiger partial charge on any atom is 0.222 e. The molecule has 0 spiro atoms. The van der Waals surface area contributed by atoms with Gasteiger partial charge in [0, 0.05) is 13.1 Å². The van der Waals surface area contributed by atoms with Crippen LogP contribution in [0.1, 0.15) is 37.1 Å². The van der Waals surface area contributed by atoms with Gasteiger partial charge < -0.3 is 16.4 Å². The van der Waals surface area contributed by atoms with Crippen LogP contribution in [0.25, 0.3) is 0 Å². The lowest BCUT2D eigenvalue weighted by Crippen LogP contribution is -2.30. The van der Waals surface area contributed by atoms with E-state index >= 15 is 0 Å². The molecule has 1 atom stereocenters. The van der Waals surface area contributed by atoms with Gasteiger partial charge in [-0.3, -0.25) is 4.79 Å². The number of hydrogen-bond donors (Lipinski definition) is 2. The molecule has 1 aliphatic heterocycles. The zero-order valence-corrected chi connectivity index (χ0v) is 13.2. The first-order valence-corrected chi connectivity index (χ1v) is 7.62. The van der Waals surface area contributed by atoms with E-state index in [4.69, 9.17) is 23.7 Å². The van der Waals surface area contributed by atoms with Gasteiger partial charge in [0.1, 0.15) is 4.99 Å². The Morgan fingerprint density at radius 3 is 2.52 bits per heavy atom. The van der Waals surface area contributed by atoms with Gasteiger partial charge in [0.25, 0.3) is 0 Å². The minimum atomic E-state index is -0.275. The highest BCUT2D eigenvalue weighted by Gasteiger charge is 2.30. The number of anilines is 1. The molecule has 1 aromatic heterocycles. The summed E-state index contributed by atoms with van der Waals surface area (Å²) >= 11 is 5.22. The van der Waals surface area contributed by atoms with Crippen LogP contribution in [0, 0.1) is 5.92 Å². The topological polar surface area (TPSA) is 98.1 Å². The van der Waals surface area contributed by atoms with Crippen LogP contribution >= 0.6 is 12.2 Å². The Labute approximate surface area is 129 Å². The summed E-state index contributed by atoms with van der Waals surface area (Å²) in [6.45, 7) is 5.35. The highest BCUT2D eigenvalue weighted by Crippen LogP contribution is 2.28. The van der Waals surface area contributed by atoms with E-state index in [0.717, 1.165) is 36.1 Å². The summed E-state index contributed by atoms with van der Waals surface area (Å²) in [7, 11) is 0. The van der Waals surface area contributed by atoms with Gasteiger partial charge in [0.2, 0.25) is 5.91 Å². The van der Waals surface area contributed by atoms with Gasteiger partial charge in [-0.2, -0.15) is 5.10 Å². The molecule has 2 rings (SSSR count). The number of amides is 1. The van der Waals surface area contributed by atoms with Crippen LogP contribution in [-0.2, 0) is 17.6 Å². The second-order valence-electron chi connectivity index (χ2n) is 5.23. The smallest absolute Gasteiger partial charge is 0.222 e. The lowest BCUT2D eigenvalue weighted by Gasteiger charge is -2.22. The van der Waals surface area contributed by atoms with Crippen molar-refractivity contribution in [3.63, 3.8) is 0 Å². The molecule has 0 saturated carbocycles. The van der Waals surface area contributed by atoms with Crippen molar-refractivity contribution < 1.29 is 4.79 Å². The molecule has 1 amide bonds. The van der Waals surface area contributed by atoms with Crippen molar-refractivity contribution in [1.82, 2.24) is 10.2 Å². The molecule has 0 aliphatic carbocycles. The third kappa shape index (κ3) is 2.97. The van der Waals surface area contributed by atoms with E-state index in [1.54, 1.807) is 0 Å². The van der Waals surface area contributed by atoms with Crippen LogP contribution in [0.3, 0.4) is 0 Å². The zero-order valence-electron chi connectivity index (χ0n) is 12.4. The van der Waals surface area contributed by atoms with E-state index in [2.05, 4.69) is 17.1 Å². The fourth-order valence-corrected chi connectivity index (χ4v) is 3.04. The Balaban J connectivity index is 2.45. The second-order valence-corrected chi connectivity index (χ2v) is 5.67. The summed E-state index contributed by atoms with van der Waals surface area (Å²) in [6.07, 6.45) is 2.31. The number of carbonyl (C=O) groups excluding carboxylic acids is 1. The molecule has 0 radical (unpaired) electrons. The maximum absolute atomic E-state index is 11.3. The summed E-state index contributed by atoms with van der Waals surface area (Å²) in [5, 5.41) is 8.61. The molecule has 114 valence electrons. The average molecular weight is 307 g/mol. The SMILES string of the molecule is CCc1nnc(N2CCC(C(N)=O)C2)c(C(N)=S)c1CC. The highest BCUT2D eigenvalue weighted by atomic mass is 32.1. The third-order valence-corrected chi connectivity index (χ3v) is 4.17. The number of nitrogens with zero attached hydrogens (tertiary/aromatic N) is 3. The number of thiocarbonyl (C=S) groups is 1. The van der Waals surface area contributed by atoms with Crippen LogP contribution in [0.2, 0.25) is 0 Å². The Hall–Kier alpha value is -1.76. The van der Waals surface area contributed by atoms with Crippen LogP contribution < -0.4 is 16.4 Å². The number of carbonyl (C=O) groups is 1. The molecule has 1 aromatic rings. The largest absolute Gasteiger partial charge is 0.389 e. The van der Waals surface area contributed by atoms with Crippen molar-refractivity contribution in [2.45, 2.75) is 33.1 Å². The number of rotatable bonds is 5. The van der Waals surface area contributed by atoms with Crippen molar-refractivity contribution >= 4 is 28.9 Å². The highest BCUT2D eigenvalue weighted by molar-refractivity contribution is 7.80. The van der Waals surface area contributed by atoms with Crippen LogP contribution in [0.15, 0.2) is 0 Å². The lowest BCUT2D eigenvalue weighted by atomic mass is 10.0. The Bertz CT molecular complexity index is 575. The van der Waals surface area contributed by atoms with Gasteiger partial charge in [0.05, 0.1) is 17.2 Å². The molecule has 1 aliphatic rings. The molecule has 2 heterocycles. The summed E-state index contributed by atoms with van der Waals surface area (Å²) in [6, 6.07) is 0. The Morgan fingerprint density at radius 1 is 1.33 bits per heavy atom. The van der Waals surface area contributed by atoms with Crippen molar-refractivity contribution in [2.24, 2.45) is 17.4 Å². The molecule has 0 bridgehead atoms. The zero-order chi connectivity index (χ0) is 15.6. The molecular weight excluding hydrogens is 286 g/mol. The van der Waals surface area contributed by atoms with Crippen molar-refractivity contribution in [3.05, 3.63) is 16.8 Å². The van der Waals surface area contributed by atoms with Crippen LogP contribution in [-0.4, -0.2) is 34.2 Å². The van der Waals surface area contributed by atoms with Gasteiger partial charge in [-0.25, -0.2) is 0 Å². The van der Waals surface area contributed by atoms with Crippen LogP contribution in [0.5, 0.6) is 0 Å². The standard InChI is InChI=1S/C14H21N5OS/c1-3-9-10(4-2)17-18-14(11(9)13(16)21)19-6-5-8(7-19)12(15)20/h8H,3-7H2,1-2H3,(H2,15,20)(H2,16,21). The fraction of sp³-hybridized carbons (Fsp3) is 0.571. The number of hydrogen-bond acceptors (Lipinski definition) is 5. The van der Waals surface area contributed by atoms with Gasteiger partial charge in [-0.1, -0.05) is 26.1 Å². The molecule has 4 N–H and O–H groups in total. The number of nitrogens with two attached hydrogens (primary N) is 2. The van der Waals surface area contributed by atoms with E-state index in [1.165, 1.54) is 0 Å². The predicted octanol–water partition coefficient (Wildman–Crippen LogP) is 0.547. The Kier molecular flexibility index (Phi) is 4.72. The van der Waals surface area contributed by atoms with Gasteiger partial charge >= 0.3 is 0 Å². The lowest BCUT2D eigenvalue weighted by molar-refractivity contribution is -0.121. The normalized spacial score (nSPS) is 18.0. The van der Waals surface area contributed by atoms with Gasteiger partial charge in [-0.05, 0) is 24.8 Å². The minimum absolute atomic E-state index is 0.151. The molecule has 1 saturated heterocycles. The molecule has 21 heavy (non-hydrogen) atoms. The van der Waals surface area contributed by atoms with Gasteiger partial charge in [0.15, 0.2) is 5.82 Å². The fourth-order valence-electron chi connectivity index (χ4n) is 2.83. The molecule has 1 fully saturated rings. The van der Waals surface area contributed by atoms with Crippen LogP contribution in [0.4, 0.5) is 5.82 Å². The van der Waals surface area contributed by atoms with Crippen molar-refractivity contribution in [3.8, 4) is 0 Å². The molecule has 6 nitrogen and oxygen atoms in total.